The van der Waals surface area contributed by atoms with Crippen LogP contribution in [0.4, 0.5) is 0 Å². The molecule has 0 saturated heterocycles. The number of aromatic nitrogens is 5. The standard InChI is InChI=1S/C17H17ClN6O/c1-12(15-7-8-19-11-20-15)23(2)17(25)16-10-24(22-21-16)9-13-5-3-4-6-14(13)18/h3-8,10-12H,9H2,1-2H3/t12-/m1/s1. The van der Waals surface area contributed by atoms with Crippen molar-refractivity contribution in [1.29, 1.82) is 0 Å². The lowest BCUT2D eigenvalue weighted by atomic mass is 10.2. The third kappa shape index (κ3) is 3.83. The Bertz CT molecular complexity index is 866. The molecule has 3 aromatic rings. The molecular formula is C17H17ClN6O. The number of nitrogens with zero attached hydrogens (tertiary/aromatic N) is 6. The van der Waals surface area contributed by atoms with Crippen molar-refractivity contribution in [1.82, 2.24) is 29.9 Å². The molecule has 0 fully saturated rings. The van der Waals surface area contributed by atoms with E-state index in [2.05, 4.69) is 20.3 Å². The predicted octanol–water partition coefficient (Wildman–Crippen LogP) is 2.60. The van der Waals surface area contributed by atoms with Crippen LogP contribution in [0.25, 0.3) is 0 Å². The zero-order valence-electron chi connectivity index (χ0n) is 13.9. The van der Waals surface area contributed by atoms with Crippen LogP contribution in [0, 0.1) is 0 Å². The van der Waals surface area contributed by atoms with Crippen molar-refractivity contribution in [3.8, 4) is 0 Å². The summed E-state index contributed by atoms with van der Waals surface area (Å²) in [5.74, 6) is -0.225. The number of amides is 1. The van der Waals surface area contributed by atoms with Crippen LogP contribution in [0.1, 0.15) is 34.7 Å². The van der Waals surface area contributed by atoms with E-state index in [0.29, 0.717) is 11.6 Å². The molecular weight excluding hydrogens is 340 g/mol. The first-order valence-corrected chi connectivity index (χ1v) is 8.10. The molecule has 0 aliphatic rings. The Balaban J connectivity index is 1.73. The number of carbonyl (C=O) groups excluding carboxylic acids is 1. The van der Waals surface area contributed by atoms with Gasteiger partial charge in [-0.2, -0.15) is 0 Å². The molecule has 8 heteroatoms. The molecule has 1 atom stereocenters. The Hall–Kier alpha value is -2.80. The van der Waals surface area contributed by atoms with Gasteiger partial charge in [0.15, 0.2) is 5.69 Å². The van der Waals surface area contributed by atoms with Crippen molar-refractivity contribution in [2.75, 3.05) is 7.05 Å². The van der Waals surface area contributed by atoms with E-state index in [1.807, 2.05) is 31.2 Å². The quantitative estimate of drug-likeness (QED) is 0.702. The first-order valence-electron chi connectivity index (χ1n) is 7.73. The number of carbonyl (C=O) groups is 1. The molecule has 0 saturated carbocycles. The van der Waals surface area contributed by atoms with Crippen LogP contribution in [0.5, 0.6) is 0 Å². The highest BCUT2D eigenvalue weighted by Gasteiger charge is 2.22. The summed E-state index contributed by atoms with van der Waals surface area (Å²) in [5, 5.41) is 8.66. The Labute approximate surface area is 150 Å². The van der Waals surface area contributed by atoms with Gasteiger partial charge in [-0.05, 0) is 24.6 Å². The Morgan fingerprint density at radius 1 is 1.32 bits per heavy atom. The molecule has 0 bridgehead atoms. The SMILES string of the molecule is C[C@H](c1ccncn1)N(C)C(=O)c1cn(Cc2ccccc2Cl)nn1. The summed E-state index contributed by atoms with van der Waals surface area (Å²) in [5.41, 5.74) is 1.94. The van der Waals surface area contributed by atoms with Gasteiger partial charge in [-0.25, -0.2) is 14.6 Å². The molecule has 128 valence electrons. The van der Waals surface area contributed by atoms with Crippen molar-refractivity contribution in [2.45, 2.75) is 19.5 Å². The summed E-state index contributed by atoms with van der Waals surface area (Å²) >= 11 is 6.15. The van der Waals surface area contributed by atoms with Gasteiger partial charge in [-0.15, -0.1) is 5.10 Å². The second-order valence-corrected chi connectivity index (χ2v) is 6.03. The molecule has 0 N–H and O–H groups in total. The zero-order chi connectivity index (χ0) is 17.8. The number of hydrogen-bond acceptors (Lipinski definition) is 5. The minimum absolute atomic E-state index is 0.204. The summed E-state index contributed by atoms with van der Waals surface area (Å²) in [6.07, 6.45) is 4.73. The monoisotopic (exact) mass is 356 g/mol. The van der Waals surface area contributed by atoms with E-state index < -0.39 is 0 Å². The highest BCUT2D eigenvalue weighted by Crippen LogP contribution is 2.18. The third-order valence-corrected chi connectivity index (χ3v) is 4.35. The van der Waals surface area contributed by atoms with Gasteiger partial charge in [0.2, 0.25) is 0 Å². The second kappa shape index (κ2) is 7.40. The molecule has 0 spiro atoms. The van der Waals surface area contributed by atoms with Crippen molar-refractivity contribution in [3.63, 3.8) is 0 Å². The number of halogens is 1. The fourth-order valence-electron chi connectivity index (χ4n) is 2.38. The van der Waals surface area contributed by atoms with E-state index in [1.165, 1.54) is 6.33 Å². The normalized spacial score (nSPS) is 12.0. The summed E-state index contributed by atoms with van der Waals surface area (Å²) in [4.78, 5) is 22.3. The van der Waals surface area contributed by atoms with Gasteiger partial charge < -0.3 is 4.90 Å². The van der Waals surface area contributed by atoms with E-state index >= 15 is 0 Å². The minimum Gasteiger partial charge on any atom is -0.332 e. The van der Waals surface area contributed by atoms with Crippen LogP contribution in [0.2, 0.25) is 5.02 Å². The molecule has 1 amide bonds. The van der Waals surface area contributed by atoms with Gasteiger partial charge in [0.05, 0.1) is 24.5 Å². The van der Waals surface area contributed by atoms with Crippen molar-refractivity contribution in [3.05, 3.63) is 71.0 Å². The number of hydrogen-bond donors (Lipinski definition) is 0. The third-order valence-electron chi connectivity index (χ3n) is 3.98. The summed E-state index contributed by atoms with van der Waals surface area (Å²) in [6, 6.07) is 9.07. The minimum atomic E-state index is -0.225. The van der Waals surface area contributed by atoms with E-state index in [1.54, 1.807) is 35.1 Å². The van der Waals surface area contributed by atoms with Gasteiger partial charge in [0.1, 0.15) is 6.33 Å². The van der Waals surface area contributed by atoms with Crippen LogP contribution in [0.15, 0.2) is 49.1 Å². The molecule has 2 aromatic heterocycles. The molecule has 0 radical (unpaired) electrons. The Morgan fingerprint density at radius 3 is 2.84 bits per heavy atom. The first kappa shape index (κ1) is 17.0. The van der Waals surface area contributed by atoms with Gasteiger partial charge in [-0.3, -0.25) is 4.79 Å². The molecule has 25 heavy (non-hydrogen) atoms. The van der Waals surface area contributed by atoms with Crippen LogP contribution < -0.4 is 0 Å². The Kier molecular flexibility index (Phi) is 5.04. The maximum absolute atomic E-state index is 12.6. The molecule has 2 heterocycles. The van der Waals surface area contributed by atoms with E-state index in [9.17, 15) is 4.79 Å². The lowest BCUT2D eigenvalue weighted by Gasteiger charge is -2.23. The fourth-order valence-corrected chi connectivity index (χ4v) is 2.57. The van der Waals surface area contributed by atoms with Gasteiger partial charge >= 0.3 is 0 Å². The predicted molar refractivity (Wildman–Crippen MR) is 93.1 cm³/mol. The topological polar surface area (TPSA) is 76.8 Å². The van der Waals surface area contributed by atoms with Crippen molar-refractivity contribution in [2.24, 2.45) is 0 Å². The smallest absolute Gasteiger partial charge is 0.276 e. The molecule has 1 aromatic carbocycles. The number of benzene rings is 1. The average molecular weight is 357 g/mol. The molecule has 3 rings (SSSR count). The lowest BCUT2D eigenvalue weighted by molar-refractivity contribution is 0.0733. The van der Waals surface area contributed by atoms with E-state index in [0.717, 1.165) is 11.3 Å². The van der Waals surface area contributed by atoms with E-state index in [4.69, 9.17) is 11.6 Å². The molecule has 7 nitrogen and oxygen atoms in total. The van der Waals surface area contributed by atoms with Crippen LogP contribution in [-0.2, 0) is 6.54 Å². The van der Waals surface area contributed by atoms with E-state index in [-0.39, 0.29) is 17.6 Å². The zero-order valence-corrected chi connectivity index (χ0v) is 14.6. The Morgan fingerprint density at radius 2 is 2.12 bits per heavy atom. The average Bonchev–Trinajstić information content (AvgIpc) is 3.11. The van der Waals surface area contributed by atoms with Gasteiger partial charge in [-0.1, -0.05) is 35.0 Å². The van der Waals surface area contributed by atoms with Crippen LogP contribution >= 0.6 is 11.6 Å². The van der Waals surface area contributed by atoms with Crippen LogP contribution in [-0.4, -0.2) is 42.8 Å². The van der Waals surface area contributed by atoms with Gasteiger partial charge in [0, 0.05) is 18.3 Å². The summed E-state index contributed by atoms with van der Waals surface area (Å²) in [7, 11) is 1.71. The molecule has 0 unspecified atom stereocenters. The largest absolute Gasteiger partial charge is 0.332 e. The summed E-state index contributed by atoms with van der Waals surface area (Å²) < 4.78 is 1.59. The molecule has 0 aliphatic carbocycles. The maximum atomic E-state index is 12.6. The number of rotatable bonds is 5. The maximum Gasteiger partial charge on any atom is 0.276 e. The first-order chi connectivity index (χ1) is 12.1. The van der Waals surface area contributed by atoms with Crippen LogP contribution in [0.3, 0.4) is 0 Å². The van der Waals surface area contributed by atoms with Crippen molar-refractivity contribution >= 4 is 17.5 Å². The van der Waals surface area contributed by atoms with Gasteiger partial charge in [0.25, 0.3) is 5.91 Å². The highest BCUT2D eigenvalue weighted by molar-refractivity contribution is 6.31. The summed E-state index contributed by atoms with van der Waals surface area (Å²) in [6.45, 7) is 2.35. The second-order valence-electron chi connectivity index (χ2n) is 5.62. The molecule has 0 aliphatic heterocycles. The fraction of sp³-hybridized carbons (Fsp3) is 0.235. The lowest BCUT2D eigenvalue weighted by Crippen LogP contribution is -2.30. The van der Waals surface area contributed by atoms with Crippen molar-refractivity contribution < 1.29 is 4.79 Å². The highest BCUT2D eigenvalue weighted by atomic mass is 35.5.